The fraction of sp³-hybridized carbons (Fsp3) is 0.214. The van der Waals surface area contributed by atoms with E-state index in [-0.39, 0.29) is 6.04 Å². The van der Waals surface area contributed by atoms with Crippen LogP contribution in [0.4, 0.5) is 8.78 Å². The van der Waals surface area contributed by atoms with Crippen molar-refractivity contribution >= 4 is 0 Å². The molecule has 3 N–H and O–H groups in total. The third-order valence-corrected chi connectivity index (χ3v) is 2.89. The van der Waals surface area contributed by atoms with Gasteiger partial charge >= 0.3 is 0 Å². The highest BCUT2D eigenvalue weighted by Gasteiger charge is 2.13. The molecule has 0 radical (unpaired) electrons. The minimum Gasteiger partial charge on any atom is -0.271 e. The molecule has 0 aliphatic carbocycles. The van der Waals surface area contributed by atoms with Crippen LogP contribution >= 0.6 is 0 Å². The monoisotopic (exact) mass is 263 g/mol. The van der Waals surface area contributed by atoms with E-state index in [2.05, 4.69) is 10.4 Å². The molecule has 0 spiro atoms. The Morgan fingerprint density at radius 2 is 2.00 bits per heavy atom. The zero-order valence-electron chi connectivity index (χ0n) is 10.3. The molecule has 0 amide bonds. The number of halogens is 2. The number of aromatic nitrogens is 1. The standard InChI is InChI=1S/C14H15F2N3/c15-11-4-5-14(16)10(7-11)8-13(19-17)9-12-3-1-2-6-18-12/h1-7,13,19H,8-9,17H2. The summed E-state index contributed by atoms with van der Waals surface area (Å²) < 4.78 is 26.7. The lowest BCUT2D eigenvalue weighted by molar-refractivity contribution is 0.498. The molecule has 0 aliphatic rings. The second kappa shape index (κ2) is 6.36. The number of hydrazine groups is 1. The van der Waals surface area contributed by atoms with Gasteiger partial charge in [-0.15, -0.1) is 0 Å². The summed E-state index contributed by atoms with van der Waals surface area (Å²) in [5, 5.41) is 0. The van der Waals surface area contributed by atoms with Crippen molar-refractivity contribution in [3.63, 3.8) is 0 Å². The summed E-state index contributed by atoms with van der Waals surface area (Å²) in [4.78, 5) is 4.18. The number of pyridine rings is 1. The average molecular weight is 263 g/mol. The first-order valence-electron chi connectivity index (χ1n) is 5.99. The Morgan fingerprint density at radius 1 is 1.16 bits per heavy atom. The lowest BCUT2D eigenvalue weighted by atomic mass is 10.0. The molecule has 0 bridgehead atoms. The first-order chi connectivity index (χ1) is 9.19. The molecular formula is C14H15F2N3. The van der Waals surface area contributed by atoms with E-state index in [1.54, 1.807) is 6.20 Å². The summed E-state index contributed by atoms with van der Waals surface area (Å²) in [5.74, 6) is 4.58. The molecule has 1 aromatic heterocycles. The van der Waals surface area contributed by atoms with Crippen molar-refractivity contribution in [1.29, 1.82) is 0 Å². The van der Waals surface area contributed by atoms with E-state index in [0.29, 0.717) is 18.4 Å². The summed E-state index contributed by atoms with van der Waals surface area (Å²) in [7, 11) is 0. The molecular weight excluding hydrogens is 248 g/mol. The molecule has 100 valence electrons. The third-order valence-electron chi connectivity index (χ3n) is 2.89. The molecule has 0 saturated carbocycles. The van der Waals surface area contributed by atoms with Crippen LogP contribution in [0.5, 0.6) is 0 Å². The topological polar surface area (TPSA) is 50.9 Å². The average Bonchev–Trinajstić information content (AvgIpc) is 2.43. The van der Waals surface area contributed by atoms with E-state index in [9.17, 15) is 8.78 Å². The second-order valence-corrected chi connectivity index (χ2v) is 4.33. The maximum Gasteiger partial charge on any atom is 0.126 e. The summed E-state index contributed by atoms with van der Waals surface area (Å²) in [6.45, 7) is 0. The van der Waals surface area contributed by atoms with Crippen LogP contribution in [-0.2, 0) is 12.8 Å². The fourth-order valence-electron chi connectivity index (χ4n) is 1.93. The molecule has 0 fully saturated rings. The lowest BCUT2D eigenvalue weighted by Crippen LogP contribution is -2.38. The predicted molar refractivity (Wildman–Crippen MR) is 69.1 cm³/mol. The van der Waals surface area contributed by atoms with E-state index in [1.165, 1.54) is 6.07 Å². The van der Waals surface area contributed by atoms with E-state index >= 15 is 0 Å². The van der Waals surface area contributed by atoms with Crippen molar-refractivity contribution in [3.05, 3.63) is 65.5 Å². The molecule has 3 nitrogen and oxygen atoms in total. The van der Waals surface area contributed by atoms with E-state index in [4.69, 9.17) is 5.84 Å². The highest BCUT2D eigenvalue weighted by molar-refractivity contribution is 5.20. The molecule has 19 heavy (non-hydrogen) atoms. The van der Waals surface area contributed by atoms with Gasteiger partial charge in [0.25, 0.3) is 0 Å². The van der Waals surface area contributed by atoms with Gasteiger partial charge in [0.2, 0.25) is 0 Å². The maximum absolute atomic E-state index is 13.6. The maximum atomic E-state index is 13.6. The third kappa shape index (κ3) is 3.81. The van der Waals surface area contributed by atoms with Crippen LogP contribution in [0.25, 0.3) is 0 Å². The van der Waals surface area contributed by atoms with Crippen LogP contribution in [0.15, 0.2) is 42.6 Å². The van der Waals surface area contributed by atoms with Gasteiger partial charge < -0.3 is 0 Å². The van der Waals surface area contributed by atoms with Crippen LogP contribution < -0.4 is 11.3 Å². The lowest BCUT2D eigenvalue weighted by Gasteiger charge is -2.16. The number of nitrogens with two attached hydrogens (primary N) is 1. The number of benzene rings is 1. The Labute approximate surface area is 110 Å². The molecule has 2 aromatic rings. The first kappa shape index (κ1) is 13.6. The molecule has 5 heteroatoms. The fourth-order valence-corrected chi connectivity index (χ4v) is 1.93. The first-order valence-corrected chi connectivity index (χ1v) is 5.99. The zero-order valence-corrected chi connectivity index (χ0v) is 10.3. The van der Waals surface area contributed by atoms with Gasteiger partial charge in [-0.2, -0.15) is 0 Å². The molecule has 0 aliphatic heterocycles. The SMILES string of the molecule is NNC(Cc1ccccn1)Cc1cc(F)ccc1F. The quantitative estimate of drug-likeness (QED) is 0.640. The molecule has 2 rings (SSSR count). The van der Waals surface area contributed by atoms with Gasteiger partial charge in [-0.1, -0.05) is 6.07 Å². The zero-order chi connectivity index (χ0) is 13.7. The van der Waals surface area contributed by atoms with Gasteiger partial charge in [0.1, 0.15) is 11.6 Å². The van der Waals surface area contributed by atoms with Gasteiger partial charge in [0.05, 0.1) is 0 Å². The van der Waals surface area contributed by atoms with Crippen molar-refractivity contribution in [2.24, 2.45) is 5.84 Å². The Kier molecular flexibility index (Phi) is 4.54. The van der Waals surface area contributed by atoms with Crippen LogP contribution in [0.2, 0.25) is 0 Å². The van der Waals surface area contributed by atoms with Crippen molar-refractivity contribution in [1.82, 2.24) is 10.4 Å². The van der Waals surface area contributed by atoms with Crippen molar-refractivity contribution in [2.45, 2.75) is 18.9 Å². The van der Waals surface area contributed by atoms with Crippen molar-refractivity contribution in [3.8, 4) is 0 Å². The number of rotatable bonds is 5. The van der Waals surface area contributed by atoms with Crippen LogP contribution in [0, 0.1) is 11.6 Å². The van der Waals surface area contributed by atoms with Gasteiger partial charge in [-0.05, 0) is 42.3 Å². The smallest absolute Gasteiger partial charge is 0.126 e. The number of hydrogen-bond acceptors (Lipinski definition) is 3. The number of nitrogens with zero attached hydrogens (tertiary/aromatic N) is 1. The molecule has 0 saturated heterocycles. The highest BCUT2D eigenvalue weighted by Crippen LogP contribution is 2.13. The van der Waals surface area contributed by atoms with Gasteiger partial charge in [-0.3, -0.25) is 16.3 Å². The van der Waals surface area contributed by atoms with E-state index in [1.807, 2.05) is 18.2 Å². The number of hydrogen-bond donors (Lipinski definition) is 2. The Hall–Kier alpha value is -1.85. The summed E-state index contributed by atoms with van der Waals surface area (Å²) in [6.07, 6.45) is 2.54. The Balaban J connectivity index is 2.09. The van der Waals surface area contributed by atoms with Crippen LogP contribution in [0.3, 0.4) is 0 Å². The molecule has 1 unspecified atom stereocenters. The van der Waals surface area contributed by atoms with Gasteiger partial charge in [-0.25, -0.2) is 8.78 Å². The van der Waals surface area contributed by atoms with E-state index in [0.717, 1.165) is 17.8 Å². The van der Waals surface area contributed by atoms with Gasteiger partial charge in [0.15, 0.2) is 0 Å². The highest BCUT2D eigenvalue weighted by atomic mass is 19.1. The van der Waals surface area contributed by atoms with Crippen molar-refractivity contribution in [2.75, 3.05) is 0 Å². The van der Waals surface area contributed by atoms with Crippen molar-refractivity contribution < 1.29 is 8.78 Å². The molecule has 1 heterocycles. The molecule has 1 aromatic carbocycles. The predicted octanol–water partition coefficient (Wildman–Crippen LogP) is 1.98. The largest absolute Gasteiger partial charge is 0.271 e. The number of nitrogens with one attached hydrogen (secondary N) is 1. The van der Waals surface area contributed by atoms with Crippen LogP contribution in [-0.4, -0.2) is 11.0 Å². The minimum absolute atomic E-state index is 0.203. The summed E-state index contributed by atoms with van der Waals surface area (Å²) in [5.41, 5.74) is 3.77. The normalized spacial score (nSPS) is 12.4. The Bertz CT molecular complexity index is 531. The summed E-state index contributed by atoms with van der Waals surface area (Å²) >= 11 is 0. The van der Waals surface area contributed by atoms with Crippen LogP contribution in [0.1, 0.15) is 11.3 Å². The Morgan fingerprint density at radius 3 is 2.68 bits per heavy atom. The van der Waals surface area contributed by atoms with Gasteiger partial charge in [0, 0.05) is 24.4 Å². The minimum atomic E-state index is -0.454. The second-order valence-electron chi connectivity index (χ2n) is 4.33. The molecule has 1 atom stereocenters. The van der Waals surface area contributed by atoms with E-state index < -0.39 is 11.6 Å². The summed E-state index contributed by atoms with van der Waals surface area (Å²) in [6, 6.07) is 8.77.